The van der Waals surface area contributed by atoms with Crippen LogP contribution < -0.4 is 10.6 Å². The standard InChI is InChI=1S/C14H24N4O3/c1-5-6-16-12(19)9-18-10-15-7-11(18)8-17-13(20)21-14(2,3)4/h7,10H,5-6,8-9H2,1-4H3,(H,16,19)(H,17,20). The van der Waals surface area contributed by atoms with Crippen LogP contribution in [0.5, 0.6) is 0 Å². The molecule has 21 heavy (non-hydrogen) atoms. The van der Waals surface area contributed by atoms with Crippen molar-refractivity contribution in [2.45, 2.75) is 52.8 Å². The topological polar surface area (TPSA) is 85.3 Å². The van der Waals surface area contributed by atoms with E-state index in [1.807, 2.05) is 6.92 Å². The van der Waals surface area contributed by atoms with Crippen molar-refractivity contribution in [1.82, 2.24) is 20.2 Å². The molecule has 0 fully saturated rings. The zero-order chi connectivity index (χ0) is 15.9. The van der Waals surface area contributed by atoms with Gasteiger partial charge in [-0.25, -0.2) is 9.78 Å². The molecule has 2 amide bonds. The normalized spacial score (nSPS) is 11.0. The van der Waals surface area contributed by atoms with Gasteiger partial charge in [0.1, 0.15) is 12.1 Å². The molecular weight excluding hydrogens is 272 g/mol. The summed E-state index contributed by atoms with van der Waals surface area (Å²) >= 11 is 0. The van der Waals surface area contributed by atoms with Crippen molar-refractivity contribution < 1.29 is 14.3 Å². The van der Waals surface area contributed by atoms with Gasteiger partial charge in [-0.2, -0.15) is 0 Å². The third-order valence-corrected chi connectivity index (χ3v) is 2.50. The molecule has 0 atom stereocenters. The fraction of sp³-hybridized carbons (Fsp3) is 0.643. The van der Waals surface area contributed by atoms with E-state index in [0.29, 0.717) is 6.54 Å². The molecule has 0 radical (unpaired) electrons. The molecule has 0 spiro atoms. The van der Waals surface area contributed by atoms with Crippen molar-refractivity contribution in [3.63, 3.8) is 0 Å². The summed E-state index contributed by atoms with van der Waals surface area (Å²) in [7, 11) is 0. The molecule has 1 rings (SSSR count). The van der Waals surface area contributed by atoms with Gasteiger partial charge in [-0.15, -0.1) is 0 Å². The number of imidazole rings is 1. The van der Waals surface area contributed by atoms with Gasteiger partial charge in [0.2, 0.25) is 5.91 Å². The van der Waals surface area contributed by atoms with E-state index in [1.54, 1.807) is 37.9 Å². The van der Waals surface area contributed by atoms with Crippen molar-refractivity contribution in [2.75, 3.05) is 6.54 Å². The van der Waals surface area contributed by atoms with Crippen molar-refractivity contribution in [2.24, 2.45) is 0 Å². The molecule has 118 valence electrons. The Morgan fingerprint density at radius 1 is 1.33 bits per heavy atom. The molecule has 0 aliphatic heterocycles. The summed E-state index contributed by atoms with van der Waals surface area (Å²) in [5.74, 6) is -0.0756. The van der Waals surface area contributed by atoms with Crippen LogP contribution in [0.1, 0.15) is 39.8 Å². The number of nitrogens with one attached hydrogen (secondary N) is 2. The van der Waals surface area contributed by atoms with Crippen LogP contribution in [0.15, 0.2) is 12.5 Å². The molecule has 2 N–H and O–H groups in total. The van der Waals surface area contributed by atoms with E-state index < -0.39 is 11.7 Å². The molecule has 0 bridgehead atoms. The number of nitrogens with zero attached hydrogens (tertiary/aromatic N) is 2. The molecule has 7 nitrogen and oxygen atoms in total. The molecule has 0 aliphatic carbocycles. The highest BCUT2D eigenvalue weighted by Gasteiger charge is 2.16. The maximum Gasteiger partial charge on any atom is 0.407 e. The molecule has 0 aromatic carbocycles. The predicted octanol–water partition coefficient (Wildman–Crippen LogP) is 1.43. The molecule has 1 heterocycles. The Labute approximate surface area is 125 Å². The number of amides is 2. The molecule has 7 heteroatoms. The van der Waals surface area contributed by atoms with Gasteiger partial charge < -0.3 is 19.9 Å². The largest absolute Gasteiger partial charge is 0.444 e. The average molecular weight is 296 g/mol. The Morgan fingerprint density at radius 3 is 2.67 bits per heavy atom. The maximum atomic E-state index is 11.7. The smallest absolute Gasteiger partial charge is 0.407 e. The van der Waals surface area contributed by atoms with Gasteiger partial charge in [0.25, 0.3) is 0 Å². The first-order valence-corrected chi connectivity index (χ1v) is 7.04. The Balaban J connectivity index is 2.48. The third-order valence-electron chi connectivity index (χ3n) is 2.50. The van der Waals surface area contributed by atoms with Gasteiger partial charge in [0, 0.05) is 12.7 Å². The lowest BCUT2D eigenvalue weighted by Crippen LogP contribution is -2.33. The summed E-state index contributed by atoms with van der Waals surface area (Å²) in [5, 5.41) is 5.44. The minimum absolute atomic E-state index is 0.0756. The quantitative estimate of drug-likeness (QED) is 0.831. The fourth-order valence-electron chi connectivity index (χ4n) is 1.59. The van der Waals surface area contributed by atoms with Gasteiger partial charge in [-0.3, -0.25) is 4.79 Å². The predicted molar refractivity (Wildman–Crippen MR) is 78.6 cm³/mol. The summed E-state index contributed by atoms with van der Waals surface area (Å²) in [5.41, 5.74) is 0.206. The number of rotatable bonds is 6. The molecule has 1 aromatic heterocycles. The lowest BCUT2D eigenvalue weighted by Gasteiger charge is -2.19. The maximum absolute atomic E-state index is 11.7. The number of hydrogen-bond donors (Lipinski definition) is 2. The van der Waals surface area contributed by atoms with E-state index in [4.69, 9.17) is 4.74 Å². The van der Waals surface area contributed by atoms with Crippen molar-refractivity contribution in [3.8, 4) is 0 Å². The van der Waals surface area contributed by atoms with Gasteiger partial charge in [0.05, 0.1) is 18.6 Å². The van der Waals surface area contributed by atoms with Crippen LogP contribution in [-0.2, 0) is 22.6 Å². The molecule has 0 saturated carbocycles. The van der Waals surface area contributed by atoms with Crippen LogP contribution in [0.4, 0.5) is 4.79 Å². The molecular formula is C14H24N4O3. The van der Waals surface area contributed by atoms with Crippen LogP contribution in [0, 0.1) is 0 Å². The number of carbonyl (C=O) groups is 2. The number of alkyl carbamates (subject to hydrolysis) is 1. The number of aromatic nitrogens is 2. The lowest BCUT2D eigenvalue weighted by molar-refractivity contribution is -0.121. The highest BCUT2D eigenvalue weighted by atomic mass is 16.6. The second kappa shape index (κ2) is 7.66. The molecule has 0 aliphatic rings. The number of carbonyl (C=O) groups excluding carboxylic acids is 2. The SMILES string of the molecule is CCCNC(=O)Cn1cncc1CNC(=O)OC(C)(C)C. The summed E-state index contributed by atoms with van der Waals surface area (Å²) in [6.07, 6.45) is 3.58. The summed E-state index contributed by atoms with van der Waals surface area (Å²) < 4.78 is 6.85. The summed E-state index contributed by atoms with van der Waals surface area (Å²) in [4.78, 5) is 27.3. The van der Waals surface area contributed by atoms with Crippen LogP contribution in [0.2, 0.25) is 0 Å². The molecule has 0 unspecified atom stereocenters. The highest BCUT2D eigenvalue weighted by Crippen LogP contribution is 2.07. The Kier molecular flexibility index (Phi) is 6.20. The van der Waals surface area contributed by atoms with Crippen LogP contribution in [-0.4, -0.2) is 33.7 Å². The first kappa shape index (κ1) is 17.0. The van der Waals surface area contributed by atoms with Crippen LogP contribution in [0.25, 0.3) is 0 Å². The monoisotopic (exact) mass is 296 g/mol. The lowest BCUT2D eigenvalue weighted by atomic mass is 10.2. The zero-order valence-electron chi connectivity index (χ0n) is 13.1. The van der Waals surface area contributed by atoms with Gasteiger partial charge in [-0.1, -0.05) is 6.92 Å². The summed E-state index contributed by atoms with van der Waals surface area (Å²) in [6.45, 7) is 8.49. The highest BCUT2D eigenvalue weighted by molar-refractivity contribution is 5.75. The van der Waals surface area contributed by atoms with Crippen LogP contribution in [0.3, 0.4) is 0 Å². The van der Waals surface area contributed by atoms with Crippen molar-refractivity contribution in [3.05, 3.63) is 18.2 Å². The van der Waals surface area contributed by atoms with Crippen molar-refractivity contribution >= 4 is 12.0 Å². The molecule has 0 saturated heterocycles. The number of ether oxygens (including phenoxy) is 1. The first-order valence-electron chi connectivity index (χ1n) is 7.04. The minimum Gasteiger partial charge on any atom is -0.444 e. The fourth-order valence-corrected chi connectivity index (χ4v) is 1.59. The zero-order valence-corrected chi connectivity index (χ0v) is 13.1. The van der Waals surface area contributed by atoms with E-state index in [0.717, 1.165) is 12.1 Å². The van der Waals surface area contributed by atoms with Gasteiger partial charge >= 0.3 is 6.09 Å². The van der Waals surface area contributed by atoms with Crippen molar-refractivity contribution in [1.29, 1.82) is 0 Å². The Hall–Kier alpha value is -2.05. The molecule has 1 aromatic rings. The first-order chi connectivity index (χ1) is 9.81. The van der Waals surface area contributed by atoms with E-state index in [2.05, 4.69) is 15.6 Å². The Morgan fingerprint density at radius 2 is 2.05 bits per heavy atom. The Bertz CT molecular complexity index is 477. The second-order valence-electron chi connectivity index (χ2n) is 5.72. The van der Waals surface area contributed by atoms with Gasteiger partial charge in [0.15, 0.2) is 0 Å². The average Bonchev–Trinajstić information content (AvgIpc) is 2.79. The van der Waals surface area contributed by atoms with Gasteiger partial charge in [-0.05, 0) is 27.2 Å². The second-order valence-corrected chi connectivity index (χ2v) is 5.72. The van der Waals surface area contributed by atoms with Crippen LogP contribution >= 0.6 is 0 Å². The third kappa shape index (κ3) is 6.78. The number of hydrogen-bond acceptors (Lipinski definition) is 4. The van der Waals surface area contributed by atoms with E-state index in [-0.39, 0.29) is 19.0 Å². The summed E-state index contributed by atoms with van der Waals surface area (Å²) in [6, 6.07) is 0. The van der Waals surface area contributed by atoms with E-state index in [9.17, 15) is 9.59 Å². The van der Waals surface area contributed by atoms with E-state index in [1.165, 1.54) is 0 Å². The minimum atomic E-state index is -0.537. The van der Waals surface area contributed by atoms with E-state index >= 15 is 0 Å².